The predicted octanol–water partition coefficient (Wildman–Crippen LogP) is 6.03. The van der Waals surface area contributed by atoms with Gasteiger partial charge in [-0.3, -0.25) is 0 Å². The molecule has 0 spiro atoms. The molecule has 2 aliphatic carbocycles. The highest BCUT2D eigenvalue weighted by atomic mass is 14.3. The van der Waals surface area contributed by atoms with Crippen LogP contribution in [-0.2, 0) is 0 Å². The molecule has 0 saturated heterocycles. The van der Waals surface area contributed by atoms with E-state index in [1.54, 1.807) is 5.56 Å². The third-order valence-corrected chi connectivity index (χ3v) is 4.39. The van der Waals surface area contributed by atoms with Gasteiger partial charge in [0.15, 0.2) is 0 Å². The molecule has 0 N–H and O–H groups in total. The molecule has 0 amide bonds. The maximum Gasteiger partial charge on any atom is 0.00622 e. The van der Waals surface area contributed by atoms with Crippen molar-refractivity contribution >= 4 is 22.9 Å². The highest BCUT2D eigenvalue weighted by Crippen LogP contribution is 2.43. The molecule has 0 radical (unpaired) electrons. The highest BCUT2D eigenvalue weighted by molar-refractivity contribution is 5.98. The van der Waals surface area contributed by atoms with Gasteiger partial charge in [-0.15, -0.1) is 0 Å². The number of rotatable bonds is 0. The Morgan fingerprint density at radius 2 is 1.80 bits per heavy atom. The third kappa shape index (κ3) is 1.91. The van der Waals surface area contributed by atoms with Gasteiger partial charge in [0.1, 0.15) is 0 Å². The van der Waals surface area contributed by atoms with E-state index in [0.717, 1.165) is 0 Å². The molecule has 0 fully saturated rings. The molecule has 0 heterocycles. The average Bonchev–Trinajstić information content (AvgIpc) is 2.67. The topological polar surface area (TPSA) is 0 Å². The number of benzene rings is 2. The van der Waals surface area contributed by atoms with E-state index in [4.69, 9.17) is 0 Å². The van der Waals surface area contributed by atoms with E-state index in [1.165, 1.54) is 28.3 Å². The molecule has 0 heteroatoms. The minimum absolute atomic E-state index is 0.577. The van der Waals surface area contributed by atoms with Gasteiger partial charge in [-0.1, -0.05) is 75.4 Å². The second kappa shape index (κ2) is 5.28. The van der Waals surface area contributed by atoms with E-state index >= 15 is 0 Å². The van der Waals surface area contributed by atoms with Crippen molar-refractivity contribution < 1.29 is 0 Å². The Morgan fingerprint density at radius 1 is 0.950 bits per heavy atom. The molecule has 2 aliphatic rings. The summed E-state index contributed by atoms with van der Waals surface area (Å²) in [5.74, 6) is 1.27. The van der Waals surface area contributed by atoms with Crippen LogP contribution in [0.1, 0.15) is 49.8 Å². The van der Waals surface area contributed by atoms with Gasteiger partial charge in [0.05, 0.1) is 0 Å². The Balaban J connectivity index is 0.000000581. The molecular formula is C20H22. The normalized spacial score (nSPS) is 22.1. The largest absolute Gasteiger partial charge is 0.0836 e. The van der Waals surface area contributed by atoms with Gasteiger partial charge in [0.2, 0.25) is 0 Å². The number of hydrogen-bond acceptors (Lipinski definition) is 0. The summed E-state index contributed by atoms with van der Waals surface area (Å²) in [6, 6.07) is 11.2. The minimum Gasteiger partial charge on any atom is -0.0836 e. The number of hydrogen-bond donors (Lipinski definition) is 0. The Morgan fingerprint density at radius 3 is 2.65 bits per heavy atom. The molecule has 102 valence electrons. The number of allylic oxidation sites excluding steroid dienone is 2. The molecule has 20 heavy (non-hydrogen) atoms. The summed E-state index contributed by atoms with van der Waals surface area (Å²) < 4.78 is 0. The quantitative estimate of drug-likeness (QED) is 0.544. The Bertz CT molecular complexity index is 688. The summed E-state index contributed by atoms with van der Waals surface area (Å²) in [5, 5.41) is 2.85. The molecular weight excluding hydrogens is 240 g/mol. The summed E-state index contributed by atoms with van der Waals surface area (Å²) in [6.07, 6.45) is 10.5. The first kappa shape index (κ1) is 13.2. The van der Waals surface area contributed by atoms with Crippen LogP contribution in [0.5, 0.6) is 0 Å². The van der Waals surface area contributed by atoms with Gasteiger partial charge in [0.25, 0.3) is 0 Å². The van der Waals surface area contributed by atoms with Crippen LogP contribution in [0, 0.1) is 5.92 Å². The fraction of sp³-hybridized carbons (Fsp3) is 0.300. The summed E-state index contributed by atoms with van der Waals surface area (Å²) in [6.45, 7) is 6.36. The fourth-order valence-corrected chi connectivity index (χ4v) is 3.43. The monoisotopic (exact) mass is 262 g/mol. The van der Waals surface area contributed by atoms with Crippen molar-refractivity contribution in [3.8, 4) is 0 Å². The fourth-order valence-electron chi connectivity index (χ4n) is 3.43. The van der Waals surface area contributed by atoms with Crippen LogP contribution in [0.2, 0.25) is 0 Å². The molecule has 0 aliphatic heterocycles. The zero-order valence-corrected chi connectivity index (χ0v) is 12.6. The summed E-state index contributed by atoms with van der Waals surface area (Å²) >= 11 is 0. The first-order valence-corrected chi connectivity index (χ1v) is 7.75. The first-order chi connectivity index (χ1) is 9.84. The van der Waals surface area contributed by atoms with Crippen LogP contribution < -0.4 is 0 Å². The molecule has 2 unspecified atom stereocenters. The maximum absolute atomic E-state index is 2.40. The van der Waals surface area contributed by atoms with Crippen LogP contribution >= 0.6 is 0 Å². The van der Waals surface area contributed by atoms with Gasteiger partial charge in [0, 0.05) is 5.92 Å². The van der Waals surface area contributed by atoms with Crippen LogP contribution in [0.4, 0.5) is 0 Å². The summed E-state index contributed by atoms with van der Waals surface area (Å²) in [4.78, 5) is 0. The second-order valence-corrected chi connectivity index (χ2v) is 5.51. The van der Waals surface area contributed by atoms with Crippen LogP contribution in [-0.4, -0.2) is 0 Å². The molecule has 0 saturated carbocycles. The van der Waals surface area contributed by atoms with Crippen LogP contribution in [0.25, 0.3) is 22.9 Å². The lowest BCUT2D eigenvalue weighted by atomic mass is 9.78. The zero-order valence-electron chi connectivity index (χ0n) is 12.6. The lowest BCUT2D eigenvalue weighted by molar-refractivity contribution is 0.537. The Hall–Kier alpha value is -1.82. The van der Waals surface area contributed by atoms with Gasteiger partial charge in [-0.2, -0.15) is 0 Å². The van der Waals surface area contributed by atoms with E-state index in [0.29, 0.717) is 11.8 Å². The molecule has 2 aromatic rings. The predicted molar refractivity (Wildman–Crippen MR) is 89.9 cm³/mol. The third-order valence-electron chi connectivity index (χ3n) is 4.39. The lowest BCUT2D eigenvalue weighted by Gasteiger charge is -2.26. The van der Waals surface area contributed by atoms with E-state index < -0.39 is 0 Å². The van der Waals surface area contributed by atoms with E-state index in [9.17, 15) is 0 Å². The van der Waals surface area contributed by atoms with Gasteiger partial charge < -0.3 is 0 Å². The smallest absolute Gasteiger partial charge is 0.00622 e. The van der Waals surface area contributed by atoms with Crippen LogP contribution in [0.3, 0.4) is 0 Å². The van der Waals surface area contributed by atoms with Crippen molar-refractivity contribution in [3.05, 3.63) is 59.2 Å². The molecule has 0 aromatic heterocycles. The van der Waals surface area contributed by atoms with Gasteiger partial charge in [-0.05, 0) is 39.8 Å². The molecule has 4 rings (SSSR count). The van der Waals surface area contributed by atoms with E-state index in [2.05, 4.69) is 61.6 Å². The zero-order chi connectivity index (χ0) is 14.1. The molecule has 2 atom stereocenters. The van der Waals surface area contributed by atoms with E-state index in [1.807, 2.05) is 13.8 Å². The average molecular weight is 262 g/mol. The molecule has 0 bridgehead atoms. The highest BCUT2D eigenvalue weighted by Gasteiger charge is 2.25. The van der Waals surface area contributed by atoms with Crippen molar-refractivity contribution in [2.24, 2.45) is 5.92 Å². The van der Waals surface area contributed by atoms with Crippen LogP contribution in [0.15, 0.2) is 42.5 Å². The molecule has 2 aromatic carbocycles. The van der Waals surface area contributed by atoms with Crippen molar-refractivity contribution in [3.63, 3.8) is 0 Å². The van der Waals surface area contributed by atoms with Crippen molar-refractivity contribution in [1.82, 2.24) is 0 Å². The maximum atomic E-state index is 2.40. The van der Waals surface area contributed by atoms with Crippen molar-refractivity contribution in [2.45, 2.75) is 33.1 Å². The standard InChI is InChI=1S/C18H16.C2H6/c1-12-4-2-5-15-9-8-13-6-3-7-14-10-11-16(12)18(15)17(13)14;1-2/h2-3,5-12,16H,4H2,1H3;1-2H3. The molecule has 0 nitrogen and oxygen atoms in total. The van der Waals surface area contributed by atoms with Gasteiger partial charge >= 0.3 is 0 Å². The summed E-state index contributed by atoms with van der Waals surface area (Å²) in [5.41, 5.74) is 4.34. The second-order valence-electron chi connectivity index (χ2n) is 5.51. The Labute approximate surface area is 121 Å². The lowest BCUT2D eigenvalue weighted by Crippen LogP contribution is -2.10. The van der Waals surface area contributed by atoms with Crippen molar-refractivity contribution in [1.29, 1.82) is 0 Å². The van der Waals surface area contributed by atoms with E-state index in [-0.39, 0.29) is 0 Å². The first-order valence-electron chi connectivity index (χ1n) is 7.75. The van der Waals surface area contributed by atoms with Crippen molar-refractivity contribution in [2.75, 3.05) is 0 Å². The SMILES string of the molecule is CC.CC1CC=Cc2ccc3cccc4c3c2C1C=C4. The minimum atomic E-state index is 0.577. The van der Waals surface area contributed by atoms with Gasteiger partial charge in [-0.25, -0.2) is 0 Å². The summed E-state index contributed by atoms with van der Waals surface area (Å²) in [7, 11) is 0. The Kier molecular flexibility index (Phi) is 3.48.